The summed E-state index contributed by atoms with van der Waals surface area (Å²) in [6.45, 7) is 6.53. The third-order valence-corrected chi connectivity index (χ3v) is 21.4. The first-order valence-electron chi connectivity index (χ1n) is 34.5. The summed E-state index contributed by atoms with van der Waals surface area (Å²) in [6.07, 6.45) is 4.04. The Morgan fingerprint density at radius 2 is 0.812 bits per heavy atom. The van der Waals surface area contributed by atoms with Gasteiger partial charge in [0.05, 0.1) is 33.4 Å². The molecular weight excluding hydrogens is 1240 g/mol. The number of hydrogen-bond donors (Lipinski definition) is 0. The van der Waals surface area contributed by atoms with Crippen LogP contribution in [-0.4, -0.2) is 22.6 Å². The maximum absolute atomic E-state index is 7.28. The van der Waals surface area contributed by atoms with Gasteiger partial charge in [-0.2, -0.15) is 0 Å². The zero-order chi connectivity index (χ0) is 66.5. The average Bonchev–Trinajstić information content (AvgIpc) is 1.16. The van der Waals surface area contributed by atoms with Gasteiger partial charge in [-0.3, -0.25) is 9.13 Å². The number of benzene rings is 14. The van der Waals surface area contributed by atoms with Gasteiger partial charge in [0.25, 0.3) is 19.8 Å². The molecule has 0 radical (unpaired) electrons. The van der Waals surface area contributed by atoms with Gasteiger partial charge in [0.15, 0.2) is 0 Å². The van der Waals surface area contributed by atoms with Crippen molar-refractivity contribution in [2.75, 3.05) is 9.80 Å². The molecule has 6 aliphatic rings. The molecule has 101 heavy (non-hydrogen) atoms. The summed E-state index contributed by atoms with van der Waals surface area (Å²) >= 11 is 0. The van der Waals surface area contributed by atoms with Crippen molar-refractivity contribution in [3.05, 3.63) is 303 Å². The van der Waals surface area contributed by atoms with Crippen LogP contribution in [0.1, 0.15) is 26.3 Å². The summed E-state index contributed by atoms with van der Waals surface area (Å²) in [5.41, 5.74) is 24.8. The zero-order valence-electron chi connectivity index (χ0n) is 55.1. The maximum atomic E-state index is 7.28. The van der Waals surface area contributed by atoms with E-state index in [1.54, 1.807) is 0 Å². The Morgan fingerprint density at radius 1 is 0.347 bits per heavy atom. The largest absolute Gasteiger partial charge is 0.458 e. The van der Waals surface area contributed by atoms with Gasteiger partial charge in [-0.15, -0.1) is 0 Å². The van der Waals surface area contributed by atoms with E-state index in [0.29, 0.717) is 5.75 Å². The smallest absolute Gasteiger partial charge is 0.269 e. The first kappa shape index (κ1) is 56.1. The monoisotopic (exact) mass is 1300 g/mol. The SMILES string of the molecule is CC(C)(C)c1cccc(-n2c3ccccc3c3ccc(Oc4cccc(-n5[c-][n+](-c6c(-c7cc8c9c(c7)N(c7ccccc7)c7cccc%10c7B9c7c(cccc7O8)O%10)cccc6-c6cc7c8c(c6)N(c6ccccc6)c6cccc9c6B8c6c(cccc6O7)O9)c6ccccc65)c4)cc32)c1. The van der Waals surface area contributed by atoms with Crippen LogP contribution < -0.4 is 70.8 Å². The topological polar surface area (TPSA) is 66.4 Å². The lowest BCUT2D eigenvalue weighted by Gasteiger charge is -2.43. The second-order valence-corrected chi connectivity index (χ2v) is 28.0. The lowest BCUT2D eigenvalue weighted by atomic mass is 9.33. The van der Waals surface area contributed by atoms with E-state index in [0.717, 1.165) is 185 Å². The van der Waals surface area contributed by atoms with Crippen LogP contribution in [0.25, 0.3) is 72.2 Å². The first-order valence-corrected chi connectivity index (χ1v) is 34.5. The number of imidazole rings is 1. The van der Waals surface area contributed by atoms with Gasteiger partial charge in [0.2, 0.25) is 0 Å². The van der Waals surface area contributed by atoms with E-state index < -0.39 is 0 Å². The molecule has 12 heteroatoms. The van der Waals surface area contributed by atoms with Crippen LogP contribution in [0.2, 0.25) is 0 Å². The quantitative estimate of drug-likeness (QED) is 0.0810. The second-order valence-electron chi connectivity index (χ2n) is 28.0. The third kappa shape index (κ3) is 8.15. The standard InChI is InChI=1S/C89H57B2N5O5/c1-89(2,3)55-21-14-27-59(49-55)96-66-32-11-10-29-64(66)65-44-43-61(51-71(65)96)97-60-28-15-26-58(50-60)92-52-93(68-34-13-12-33-67(68)92)88-62(53-45-72-84-80(47-53)100-78-41-19-39-76-86(78)90(84)82-69(35-17-37-74(82)98-76)94(72)56-22-6-4-7-23-56)30-16-31-63(88)54-46-73-85-81(48-54)101-79-42-20-40-77-87(79)91(85)83-70(36-18-38-75(83)99-77)95(73)57-24-8-5-9-25-57/h4-51H,1-3H3. The van der Waals surface area contributed by atoms with E-state index >= 15 is 0 Å². The highest BCUT2D eigenvalue weighted by Gasteiger charge is 2.50. The molecule has 0 spiro atoms. The minimum atomic E-state index is -0.135. The van der Waals surface area contributed by atoms with Crippen LogP contribution in [-0.2, 0) is 5.41 Å². The fourth-order valence-electron chi connectivity index (χ4n) is 17.0. The highest BCUT2D eigenvalue weighted by molar-refractivity contribution is 7.01. The molecule has 10 nitrogen and oxygen atoms in total. The van der Waals surface area contributed by atoms with Crippen LogP contribution in [0, 0.1) is 6.33 Å². The maximum Gasteiger partial charge on any atom is 0.269 e. The molecule has 22 rings (SSSR count). The molecule has 2 aromatic heterocycles. The number of para-hydroxylation sites is 6. The van der Waals surface area contributed by atoms with Gasteiger partial charge in [0.1, 0.15) is 57.5 Å². The van der Waals surface area contributed by atoms with E-state index in [-0.39, 0.29) is 18.8 Å². The van der Waals surface area contributed by atoms with Crippen LogP contribution in [0.3, 0.4) is 0 Å². The summed E-state index contributed by atoms with van der Waals surface area (Å²) < 4.78 is 42.0. The van der Waals surface area contributed by atoms with E-state index in [1.165, 1.54) is 10.9 Å². The van der Waals surface area contributed by atoms with Gasteiger partial charge < -0.3 is 38.1 Å². The molecule has 474 valence electrons. The number of nitrogens with zero attached hydrogens (tertiary/aromatic N) is 5. The molecule has 0 saturated carbocycles. The molecule has 0 atom stereocenters. The van der Waals surface area contributed by atoms with E-state index in [9.17, 15) is 0 Å². The van der Waals surface area contributed by atoms with Crippen molar-refractivity contribution in [1.29, 1.82) is 0 Å². The number of hydrogen-bond acceptors (Lipinski definition) is 7. The van der Waals surface area contributed by atoms with Crippen LogP contribution in [0.15, 0.2) is 291 Å². The molecular formula is C89H57B2N5O5. The van der Waals surface area contributed by atoms with Gasteiger partial charge >= 0.3 is 0 Å². The second kappa shape index (κ2) is 20.8. The van der Waals surface area contributed by atoms with Crippen molar-refractivity contribution >= 4 is 113 Å². The normalized spacial score (nSPS) is 13.5. The highest BCUT2D eigenvalue weighted by Crippen LogP contribution is 2.51. The summed E-state index contributed by atoms with van der Waals surface area (Å²) in [5.74, 6) is 7.87. The zero-order valence-corrected chi connectivity index (χ0v) is 55.1. The lowest BCUT2D eigenvalue weighted by Crippen LogP contribution is -2.61. The van der Waals surface area contributed by atoms with Gasteiger partial charge in [-0.25, -0.2) is 0 Å². The van der Waals surface area contributed by atoms with Gasteiger partial charge in [-0.1, -0.05) is 160 Å². The highest BCUT2D eigenvalue weighted by atomic mass is 16.5. The van der Waals surface area contributed by atoms with Crippen molar-refractivity contribution in [2.45, 2.75) is 26.2 Å². The Balaban J connectivity index is 0.760. The van der Waals surface area contributed by atoms with Gasteiger partial charge in [-0.05, 0) is 201 Å². The molecule has 0 unspecified atom stereocenters. The Labute approximate surface area is 583 Å². The van der Waals surface area contributed by atoms with E-state index in [4.69, 9.17) is 23.7 Å². The number of fused-ring (bicyclic) bond motifs is 4. The summed E-state index contributed by atoms with van der Waals surface area (Å²) in [6, 6.07) is 104. The Hall–Kier alpha value is -12.9. The molecule has 0 fully saturated rings. The number of aromatic nitrogens is 3. The summed E-state index contributed by atoms with van der Waals surface area (Å²) in [7, 11) is 0. The van der Waals surface area contributed by atoms with Crippen molar-refractivity contribution in [2.24, 2.45) is 0 Å². The number of ether oxygens (including phenoxy) is 5. The van der Waals surface area contributed by atoms with Crippen molar-refractivity contribution < 1.29 is 28.3 Å². The lowest BCUT2D eigenvalue weighted by molar-refractivity contribution is -0.571. The molecule has 14 aromatic carbocycles. The predicted octanol–water partition coefficient (Wildman–Crippen LogP) is 18.2. The van der Waals surface area contributed by atoms with Crippen molar-refractivity contribution in [3.8, 4) is 96.8 Å². The Kier molecular flexibility index (Phi) is 11.6. The molecule has 0 aliphatic carbocycles. The average molecular weight is 1300 g/mol. The number of rotatable bonds is 9. The van der Waals surface area contributed by atoms with Gasteiger partial charge in [0, 0.05) is 67.6 Å². The molecule has 0 N–H and O–H groups in total. The Morgan fingerprint density at radius 3 is 1.42 bits per heavy atom. The fraction of sp³-hybridized carbons (Fsp3) is 0.0449. The third-order valence-electron chi connectivity index (χ3n) is 21.4. The minimum absolute atomic E-state index is 0.0235. The molecule has 0 amide bonds. The van der Waals surface area contributed by atoms with E-state index in [2.05, 4.69) is 324 Å². The van der Waals surface area contributed by atoms with Crippen LogP contribution >= 0.6 is 0 Å². The van der Waals surface area contributed by atoms with Crippen molar-refractivity contribution in [1.82, 2.24) is 9.13 Å². The first-order chi connectivity index (χ1) is 49.7. The number of anilines is 6. The van der Waals surface area contributed by atoms with Crippen LogP contribution in [0.5, 0.6) is 57.5 Å². The summed E-state index contributed by atoms with van der Waals surface area (Å²) in [4.78, 5) is 4.78. The minimum Gasteiger partial charge on any atom is -0.458 e. The molecule has 8 heterocycles. The molecule has 6 aliphatic heterocycles. The predicted molar refractivity (Wildman–Crippen MR) is 406 cm³/mol. The summed E-state index contributed by atoms with van der Waals surface area (Å²) in [5, 5.41) is 2.35. The fourth-order valence-corrected chi connectivity index (χ4v) is 17.0. The Bertz CT molecular complexity index is 6070. The van der Waals surface area contributed by atoms with Crippen LogP contribution in [0.4, 0.5) is 34.1 Å². The van der Waals surface area contributed by atoms with E-state index in [1.807, 2.05) is 18.2 Å². The molecule has 0 saturated heterocycles. The van der Waals surface area contributed by atoms with Crippen molar-refractivity contribution in [3.63, 3.8) is 0 Å². The molecule has 0 bridgehead atoms. The molecule has 16 aromatic rings.